The zero-order valence-electron chi connectivity index (χ0n) is 17.8. The fourth-order valence-corrected chi connectivity index (χ4v) is 4.01. The molecule has 3 heterocycles. The molecule has 3 N–H and O–H groups in total. The molecule has 0 saturated carbocycles. The summed E-state index contributed by atoms with van der Waals surface area (Å²) in [7, 11) is 0. The molecule has 1 amide bonds. The Labute approximate surface area is 186 Å². The number of nitrogens with two attached hydrogens (primary N) is 1. The minimum atomic E-state index is 0.0755. The van der Waals surface area contributed by atoms with E-state index in [4.69, 9.17) is 5.73 Å². The first-order valence-corrected chi connectivity index (χ1v) is 11.0. The van der Waals surface area contributed by atoms with Crippen molar-refractivity contribution in [3.63, 3.8) is 0 Å². The van der Waals surface area contributed by atoms with Gasteiger partial charge in [-0.2, -0.15) is 0 Å². The molecule has 5 rings (SSSR count). The summed E-state index contributed by atoms with van der Waals surface area (Å²) in [4.78, 5) is 32.9. The molecule has 2 aliphatic heterocycles. The molecule has 1 aliphatic carbocycles. The summed E-state index contributed by atoms with van der Waals surface area (Å²) >= 11 is 0. The molecule has 0 radical (unpaired) electrons. The van der Waals surface area contributed by atoms with E-state index >= 15 is 0 Å². The van der Waals surface area contributed by atoms with Crippen LogP contribution in [0.2, 0.25) is 0 Å². The molecule has 0 unspecified atom stereocenters. The number of aromatic nitrogens is 2. The summed E-state index contributed by atoms with van der Waals surface area (Å²) in [5, 5.41) is 3.41. The van der Waals surface area contributed by atoms with E-state index in [2.05, 4.69) is 25.3 Å². The first-order chi connectivity index (χ1) is 15.7. The molecular formula is C24H25N7O. The largest absolute Gasteiger partial charge is 0.382 e. The Kier molecular flexibility index (Phi) is 5.60. The maximum atomic E-state index is 13.0. The van der Waals surface area contributed by atoms with Crippen LogP contribution in [0.1, 0.15) is 35.3 Å². The molecule has 1 aromatic heterocycles. The second-order valence-corrected chi connectivity index (χ2v) is 8.01. The lowest BCUT2D eigenvalue weighted by atomic mass is 10.1. The summed E-state index contributed by atoms with van der Waals surface area (Å²) in [5.41, 5.74) is 10.3. The van der Waals surface area contributed by atoms with E-state index < -0.39 is 0 Å². The number of amidine groups is 1. The van der Waals surface area contributed by atoms with Crippen molar-refractivity contribution in [3.8, 4) is 11.3 Å². The number of carbonyl (C=O) groups excluding carboxylic acids is 1. The fourth-order valence-electron chi connectivity index (χ4n) is 4.01. The normalized spacial score (nSPS) is 18.2. The second kappa shape index (κ2) is 8.84. The molecular weight excluding hydrogens is 402 g/mol. The Morgan fingerprint density at radius 3 is 2.69 bits per heavy atom. The Bertz CT molecular complexity index is 1150. The number of rotatable bonds is 3. The van der Waals surface area contributed by atoms with Gasteiger partial charge in [-0.25, -0.2) is 20.0 Å². The van der Waals surface area contributed by atoms with Crippen LogP contribution in [-0.2, 0) is 0 Å². The predicted octanol–water partition coefficient (Wildman–Crippen LogP) is 2.60. The van der Waals surface area contributed by atoms with Crippen LogP contribution in [0.3, 0.4) is 0 Å². The molecule has 2 aromatic rings. The minimum Gasteiger partial charge on any atom is -0.382 e. The molecule has 3 aliphatic rings. The first-order valence-electron chi connectivity index (χ1n) is 11.0. The monoisotopic (exact) mass is 427 g/mol. The lowest BCUT2D eigenvalue weighted by Gasteiger charge is -2.22. The predicted molar refractivity (Wildman–Crippen MR) is 126 cm³/mol. The fraction of sp³-hybridized carbons (Fsp3) is 0.292. The van der Waals surface area contributed by atoms with Gasteiger partial charge in [-0.05, 0) is 56.6 Å². The smallest absolute Gasteiger partial charge is 0.253 e. The van der Waals surface area contributed by atoms with Crippen LogP contribution in [-0.4, -0.2) is 58.5 Å². The minimum absolute atomic E-state index is 0.0755. The van der Waals surface area contributed by atoms with Crippen LogP contribution < -0.4 is 11.1 Å². The van der Waals surface area contributed by atoms with Crippen molar-refractivity contribution in [2.75, 3.05) is 31.9 Å². The third-order valence-electron chi connectivity index (χ3n) is 5.76. The highest BCUT2D eigenvalue weighted by Gasteiger charge is 2.22. The van der Waals surface area contributed by atoms with Gasteiger partial charge in [-0.3, -0.25) is 4.79 Å². The standard InChI is InChI=1S/C24H25N7O/c25-22-21(23-29-18-5-3-6-19(18)30-23)28-20(15-27-22)16-7-9-17(10-8-16)24(32)31-13-2-1-11-26-12-4-14-31/h3,5-10,15,26H,1-2,4,11-14H2,(H2,25,27). The Balaban J connectivity index is 1.36. The van der Waals surface area contributed by atoms with Crippen molar-refractivity contribution in [1.82, 2.24) is 20.2 Å². The number of hydrogen-bond acceptors (Lipinski definition) is 7. The number of nitrogens with one attached hydrogen (secondary N) is 1. The van der Waals surface area contributed by atoms with Crippen molar-refractivity contribution >= 4 is 23.3 Å². The van der Waals surface area contributed by atoms with Gasteiger partial charge in [-0.1, -0.05) is 18.2 Å². The van der Waals surface area contributed by atoms with Gasteiger partial charge in [-0.15, -0.1) is 0 Å². The van der Waals surface area contributed by atoms with E-state index in [1.807, 2.05) is 47.4 Å². The average molecular weight is 428 g/mol. The molecule has 0 bridgehead atoms. The lowest BCUT2D eigenvalue weighted by molar-refractivity contribution is 0.0754. The number of anilines is 1. The van der Waals surface area contributed by atoms with E-state index in [9.17, 15) is 4.79 Å². The number of carbonyl (C=O) groups is 1. The highest BCUT2D eigenvalue weighted by Crippen LogP contribution is 2.24. The van der Waals surface area contributed by atoms with E-state index in [0.717, 1.165) is 62.4 Å². The zero-order chi connectivity index (χ0) is 21.9. The molecule has 1 saturated heterocycles. The zero-order valence-corrected chi connectivity index (χ0v) is 17.8. The van der Waals surface area contributed by atoms with Crippen LogP contribution in [0, 0.1) is 0 Å². The summed E-state index contributed by atoms with van der Waals surface area (Å²) in [6, 6.07) is 7.51. The van der Waals surface area contributed by atoms with Gasteiger partial charge in [0.2, 0.25) is 0 Å². The molecule has 1 aromatic carbocycles. The average Bonchev–Trinajstić information content (AvgIpc) is 3.44. The van der Waals surface area contributed by atoms with E-state index in [1.165, 1.54) is 0 Å². The van der Waals surface area contributed by atoms with Crippen molar-refractivity contribution in [3.05, 3.63) is 65.6 Å². The number of fused-ring (bicyclic) bond motifs is 1. The summed E-state index contributed by atoms with van der Waals surface area (Å²) in [6.07, 6.45) is 10.4. The van der Waals surface area contributed by atoms with Crippen LogP contribution in [0.25, 0.3) is 11.3 Å². The van der Waals surface area contributed by atoms with E-state index in [0.29, 0.717) is 22.8 Å². The van der Waals surface area contributed by atoms with E-state index in [-0.39, 0.29) is 11.7 Å². The Hall–Kier alpha value is -3.65. The summed E-state index contributed by atoms with van der Waals surface area (Å²) in [6.45, 7) is 3.54. The SMILES string of the molecule is Nc1ncc(-c2ccc(C(=O)N3CCCCNCCC3)cc2)nc1C1=NC2=CC=CC2=N1. The van der Waals surface area contributed by atoms with Crippen molar-refractivity contribution in [2.24, 2.45) is 9.98 Å². The maximum Gasteiger partial charge on any atom is 0.253 e. The lowest BCUT2D eigenvalue weighted by Crippen LogP contribution is -2.33. The molecule has 0 spiro atoms. The second-order valence-electron chi connectivity index (χ2n) is 8.01. The summed E-state index contributed by atoms with van der Waals surface area (Å²) in [5.74, 6) is 0.832. The Morgan fingerprint density at radius 1 is 1.03 bits per heavy atom. The van der Waals surface area contributed by atoms with Crippen molar-refractivity contribution in [1.29, 1.82) is 0 Å². The van der Waals surface area contributed by atoms with E-state index in [1.54, 1.807) is 6.20 Å². The molecule has 32 heavy (non-hydrogen) atoms. The van der Waals surface area contributed by atoms with Crippen LogP contribution in [0.4, 0.5) is 5.82 Å². The van der Waals surface area contributed by atoms with Crippen molar-refractivity contribution < 1.29 is 4.79 Å². The maximum absolute atomic E-state index is 13.0. The molecule has 8 nitrogen and oxygen atoms in total. The highest BCUT2D eigenvalue weighted by molar-refractivity contribution is 6.23. The highest BCUT2D eigenvalue weighted by atomic mass is 16.2. The third kappa shape index (κ3) is 4.09. The molecule has 1 fully saturated rings. The number of benzene rings is 1. The van der Waals surface area contributed by atoms with Crippen LogP contribution in [0.5, 0.6) is 0 Å². The van der Waals surface area contributed by atoms with Gasteiger partial charge in [0.15, 0.2) is 17.3 Å². The van der Waals surface area contributed by atoms with Crippen LogP contribution in [0.15, 0.2) is 64.4 Å². The third-order valence-corrected chi connectivity index (χ3v) is 5.76. The van der Waals surface area contributed by atoms with Gasteiger partial charge in [0.25, 0.3) is 5.91 Å². The topological polar surface area (TPSA) is 109 Å². The quantitative estimate of drug-likeness (QED) is 0.783. The van der Waals surface area contributed by atoms with Gasteiger partial charge in [0.1, 0.15) is 0 Å². The number of amides is 1. The number of hydrogen-bond donors (Lipinski definition) is 2. The Morgan fingerprint density at radius 2 is 1.84 bits per heavy atom. The molecule has 0 atom stereocenters. The number of allylic oxidation sites excluding steroid dienone is 3. The molecule has 162 valence electrons. The first kappa shape index (κ1) is 20.3. The van der Waals surface area contributed by atoms with Gasteiger partial charge >= 0.3 is 0 Å². The van der Waals surface area contributed by atoms with Gasteiger partial charge in [0.05, 0.1) is 23.3 Å². The van der Waals surface area contributed by atoms with Crippen molar-refractivity contribution in [2.45, 2.75) is 19.3 Å². The number of nitrogens with zero attached hydrogens (tertiary/aromatic N) is 5. The number of nitrogen functional groups attached to an aromatic ring is 1. The van der Waals surface area contributed by atoms with Crippen LogP contribution >= 0.6 is 0 Å². The molecule has 8 heteroatoms. The summed E-state index contributed by atoms with van der Waals surface area (Å²) < 4.78 is 0. The number of aliphatic imine (C=N–C) groups is 2. The van der Waals surface area contributed by atoms with Gasteiger partial charge in [0, 0.05) is 24.2 Å². The van der Waals surface area contributed by atoms with Gasteiger partial charge < -0.3 is 16.0 Å².